The summed E-state index contributed by atoms with van der Waals surface area (Å²) in [6, 6.07) is 10.3. The van der Waals surface area contributed by atoms with Crippen LogP contribution in [0.1, 0.15) is 18.6 Å². The summed E-state index contributed by atoms with van der Waals surface area (Å²) < 4.78 is 7.31. The van der Waals surface area contributed by atoms with Gasteiger partial charge in [-0.2, -0.15) is 4.98 Å². The molecule has 2 aromatic heterocycles. The van der Waals surface area contributed by atoms with E-state index < -0.39 is 0 Å². The molecule has 0 aliphatic carbocycles. The van der Waals surface area contributed by atoms with Gasteiger partial charge in [-0.3, -0.25) is 0 Å². The van der Waals surface area contributed by atoms with Gasteiger partial charge in [0.2, 0.25) is 5.89 Å². The molecule has 0 bridgehead atoms. The quantitative estimate of drug-likeness (QED) is 0.690. The molecule has 0 radical (unpaired) electrons. The summed E-state index contributed by atoms with van der Waals surface area (Å²) in [7, 11) is 0. The second-order valence-corrected chi connectivity index (χ2v) is 3.96. The molecule has 0 fully saturated rings. The maximum Gasteiger partial charge on any atom is 0.246 e. The largest absolute Gasteiger partial charge is 0.338 e. The first-order valence-electron chi connectivity index (χ1n) is 5.72. The second kappa shape index (κ2) is 4.05. The van der Waals surface area contributed by atoms with E-state index in [1.54, 1.807) is 0 Å². The number of rotatable bonds is 3. The van der Waals surface area contributed by atoms with Crippen molar-refractivity contribution >= 4 is 10.9 Å². The molecule has 0 amide bonds. The highest BCUT2D eigenvalue weighted by Crippen LogP contribution is 2.16. The zero-order valence-electron chi connectivity index (χ0n) is 9.63. The Morgan fingerprint density at radius 1 is 1.24 bits per heavy atom. The van der Waals surface area contributed by atoms with Crippen LogP contribution >= 0.6 is 0 Å². The molecule has 0 aliphatic rings. The predicted octanol–water partition coefficient (Wildman–Crippen LogP) is 2.64. The molecule has 17 heavy (non-hydrogen) atoms. The minimum Gasteiger partial charge on any atom is -0.338 e. The summed E-state index contributed by atoms with van der Waals surface area (Å²) in [6.07, 6.45) is 2.84. The summed E-state index contributed by atoms with van der Waals surface area (Å²) in [6.45, 7) is 2.64. The first kappa shape index (κ1) is 10.1. The van der Waals surface area contributed by atoms with Crippen molar-refractivity contribution in [2.24, 2.45) is 0 Å². The summed E-state index contributed by atoms with van der Waals surface area (Å²) in [5.41, 5.74) is 1.18. The number of benzene rings is 1. The fourth-order valence-corrected chi connectivity index (χ4v) is 1.92. The fraction of sp³-hybridized carbons (Fsp3) is 0.231. The van der Waals surface area contributed by atoms with Gasteiger partial charge in [0.25, 0.3) is 0 Å². The summed E-state index contributed by atoms with van der Waals surface area (Å²) in [4.78, 5) is 4.31. The van der Waals surface area contributed by atoms with E-state index in [1.807, 2.05) is 25.3 Å². The summed E-state index contributed by atoms with van der Waals surface area (Å²) >= 11 is 0. The van der Waals surface area contributed by atoms with Gasteiger partial charge in [-0.1, -0.05) is 30.3 Å². The van der Waals surface area contributed by atoms with Crippen molar-refractivity contribution in [1.82, 2.24) is 14.7 Å². The monoisotopic (exact) mass is 227 g/mol. The van der Waals surface area contributed by atoms with Gasteiger partial charge in [-0.15, -0.1) is 0 Å². The number of hydrogen-bond donors (Lipinski definition) is 0. The Balaban J connectivity index is 1.94. The lowest BCUT2D eigenvalue weighted by Gasteiger charge is -2.00. The molecule has 3 aromatic rings. The number of aromatic nitrogens is 3. The zero-order chi connectivity index (χ0) is 11.7. The van der Waals surface area contributed by atoms with Gasteiger partial charge in [-0.05, 0) is 17.5 Å². The van der Waals surface area contributed by atoms with Crippen LogP contribution in [0.2, 0.25) is 0 Å². The molecule has 0 atom stereocenters. The topological polar surface area (TPSA) is 43.9 Å². The van der Waals surface area contributed by atoms with Crippen LogP contribution in [0.5, 0.6) is 0 Å². The van der Waals surface area contributed by atoms with Crippen molar-refractivity contribution in [3.8, 4) is 0 Å². The Bertz CT molecular complexity index is 639. The molecule has 4 heteroatoms. The van der Waals surface area contributed by atoms with Crippen LogP contribution < -0.4 is 0 Å². The van der Waals surface area contributed by atoms with E-state index >= 15 is 0 Å². The third-order valence-corrected chi connectivity index (χ3v) is 2.81. The molecule has 86 valence electrons. The van der Waals surface area contributed by atoms with Gasteiger partial charge in [-0.25, -0.2) is 0 Å². The van der Waals surface area contributed by atoms with Crippen LogP contribution in [-0.4, -0.2) is 14.7 Å². The molecule has 4 nitrogen and oxygen atoms in total. The SMILES string of the molecule is CCc1noc(Cn2ccc3ccccc32)n1. The average Bonchev–Trinajstić information content (AvgIpc) is 2.97. The molecule has 0 N–H and O–H groups in total. The highest BCUT2D eigenvalue weighted by atomic mass is 16.5. The van der Waals surface area contributed by atoms with Crippen molar-refractivity contribution in [2.45, 2.75) is 19.9 Å². The molecule has 1 aromatic carbocycles. The van der Waals surface area contributed by atoms with Crippen molar-refractivity contribution < 1.29 is 4.52 Å². The number of aryl methyl sites for hydroxylation is 1. The number of hydrogen-bond acceptors (Lipinski definition) is 3. The van der Waals surface area contributed by atoms with Gasteiger partial charge in [0.15, 0.2) is 5.82 Å². The fourth-order valence-electron chi connectivity index (χ4n) is 1.92. The summed E-state index contributed by atoms with van der Waals surface area (Å²) in [5, 5.41) is 5.12. The van der Waals surface area contributed by atoms with Gasteiger partial charge >= 0.3 is 0 Å². The third kappa shape index (κ3) is 1.82. The van der Waals surface area contributed by atoms with Crippen LogP contribution in [0, 0.1) is 0 Å². The maximum atomic E-state index is 5.20. The van der Waals surface area contributed by atoms with Crippen molar-refractivity contribution in [3.05, 3.63) is 48.2 Å². The van der Waals surface area contributed by atoms with Crippen LogP contribution in [-0.2, 0) is 13.0 Å². The molecular formula is C13H13N3O. The standard InChI is InChI=1S/C13H13N3O/c1-2-12-14-13(17-15-12)9-16-8-7-10-5-3-4-6-11(10)16/h3-8H,2,9H2,1H3. The lowest BCUT2D eigenvalue weighted by molar-refractivity contribution is 0.368. The van der Waals surface area contributed by atoms with E-state index in [1.165, 1.54) is 10.9 Å². The molecule has 0 saturated carbocycles. The predicted molar refractivity (Wildman–Crippen MR) is 64.7 cm³/mol. The molecule has 0 spiro atoms. The molecule has 0 aliphatic heterocycles. The van der Waals surface area contributed by atoms with Gasteiger partial charge in [0.1, 0.15) is 6.54 Å². The van der Waals surface area contributed by atoms with Crippen molar-refractivity contribution in [2.75, 3.05) is 0 Å². The van der Waals surface area contributed by atoms with Crippen molar-refractivity contribution in [1.29, 1.82) is 0 Å². The van der Waals surface area contributed by atoms with Crippen molar-refractivity contribution in [3.63, 3.8) is 0 Å². The third-order valence-electron chi connectivity index (χ3n) is 2.81. The van der Waals surface area contributed by atoms with Crippen LogP contribution in [0.4, 0.5) is 0 Å². The van der Waals surface area contributed by atoms with Gasteiger partial charge in [0.05, 0.1) is 0 Å². The molecule has 0 saturated heterocycles. The molecule has 2 heterocycles. The number of para-hydroxylation sites is 1. The normalized spacial score (nSPS) is 11.1. The lowest BCUT2D eigenvalue weighted by atomic mass is 10.2. The average molecular weight is 227 g/mol. The highest BCUT2D eigenvalue weighted by Gasteiger charge is 2.07. The zero-order valence-corrected chi connectivity index (χ0v) is 9.63. The molecule has 0 unspecified atom stereocenters. The Labute approximate surface area is 98.9 Å². The number of nitrogens with zero attached hydrogens (tertiary/aromatic N) is 3. The molecule has 3 rings (SSSR count). The summed E-state index contributed by atoms with van der Waals surface area (Å²) in [5.74, 6) is 1.42. The lowest BCUT2D eigenvalue weighted by Crippen LogP contribution is -1.98. The van der Waals surface area contributed by atoms with Gasteiger partial charge in [0, 0.05) is 18.1 Å². The van der Waals surface area contributed by atoms with E-state index in [2.05, 4.69) is 32.9 Å². The Morgan fingerprint density at radius 2 is 2.12 bits per heavy atom. The minimum absolute atomic E-state index is 0.626. The van der Waals surface area contributed by atoms with E-state index in [0.717, 1.165) is 12.2 Å². The smallest absolute Gasteiger partial charge is 0.246 e. The first-order chi connectivity index (χ1) is 8.36. The Hall–Kier alpha value is -2.10. The van der Waals surface area contributed by atoms with E-state index in [9.17, 15) is 0 Å². The van der Waals surface area contributed by atoms with Crippen LogP contribution in [0.25, 0.3) is 10.9 Å². The Morgan fingerprint density at radius 3 is 2.94 bits per heavy atom. The molecular weight excluding hydrogens is 214 g/mol. The van der Waals surface area contributed by atoms with Gasteiger partial charge < -0.3 is 9.09 Å². The number of fused-ring (bicyclic) bond motifs is 1. The second-order valence-electron chi connectivity index (χ2n) is 3.96. The Kier molecular flexibility index (Phi) is 2.40. The highest BCUT2D eigenvalue weighted by molar-refractivity contribution is 5.79. The van der Waals surface area contributed by atoms with E-state index in [4.69, 9.17) is 4.52 Å². The van der Waals surface area contributed by atoms with Crippen LogP contribution in [0.15, 0.2) is 41.1 Å². The minimum atomic E-state index is 0.626. The van der Waals surface area contributed by atoms with E-state index in [-0.39, 0.29) is 0 Å². The van der Waals surface area contributed by atoms with E-state index in [0.29, 0.717) is 12.4 Å². The van der Waals surface area contributed by atoms with Crippen LogP contribution in [0.3, 0.4) is 0 Å². The first-order valence-corrected chi connectivity index (χ1v) is 5.72. The maximum absolute atomic E-state index is 5.20.